The van der Waals surface area contributed by atoms with Crippen LogP contribution in [0.2, 0.25) is 5.02 Å². The molecule has 0 unspecified atom stereocenters. The fraction of sp³-hybridized carbons (Fsp3) is 0.300. The first-order valence-corrected chi connectivity index (χ1v) is 8.90. The third kappa shape index (κ3) is 3.99. The number of methoxy groups -OCH3 is 1. The first-order valence-electron chi connectivity index (χ1n) is 8.52. The van der Waals surface area contributed by atoms with Crippen LogP contribution in [0.1, 0.15) is 18.4 Å². The molecule has 136 valence electrons. The number of hydrogen-bond donors (Lipinski definition) is 2. The van der Waals surface area contributed by atoms with Gasteiger partial charge in [0.05, 0.1) is 12.8 Å². The van der Waals surface area contributed by atoms with E-state index in [2.05, 4.69) is 10.6 Å². The molecule has 2 N–H and O–H groups in total. The normalized spacial score (nSPS) is 14.4. The van der Waals surface area contributed by atoms with E-state index < -0.39 is 5.41 Å². The summed E-state index contributed by atoms with van der Waals surface area (Å²) in [5.74, 6) is 0.0483. The molecule has 1 aliphatic rings. The lowest BCUT2D eigenvalue weighted by Gasteiger charge is -2.16. The van der Waals surface area contributed by atoms with Crippen LogP contribution < -0.4 is 15.4 Å². The van der Waals surface area contributed by atoms with Crippen LogP contribution >= 0.6 is 11.6 Å². The Labute approximate surface area is 157 Å². The van der Waals surface area contributed by atoms with E-state index in [0.717, 1.165) is 5.56 Å². The van der Waals surface area contributed by atoms with Gasteiger partial charge in [-0.3, -0.25) is 9.59 Å². The Morgan fingerprint density at radius 1 is 1.12 bits per heavy atom. The Morgan fingerprint density at radius 2 is 1.88 bits per heavy atom. The van der Waals surface area contributed by atoms with Crippen molar-refractivity contribution in [3.8, 4) is 5.75 Å². The van der Waals surface area contributed by atoms with Gasteiger partial charge in [-0.05, 0) is 49.1 Å². The predicted molar refractivity (Wildman–Crippen MR) is 101 cm³/mol. The van der Waals surface area contributed by atoms with Gasteiger partial charge in [0, 0.05) is 11.6 Å². The molecule has 2 aromatic carbocycles. The second-order valence-corrected chi connectivity index (χ2v) is 6.81. The van der Waals surface area contributed by atoms with Crippen LogP contribution in [0.5, 0.6) is 5.75 Å². The number of carbonyl (C=O) groups is 2. The van der Waals surface area contributed by atoms with Crippen molar-refractivity contribution in [1.29, 1.82) is 0 Å². The quantitative estimate of drug-likeness (QED) is 0.732. The number of rotatable bonds is 7. The van der Waals surface area contributed by atoms with Crippen molar-refractivity contribution in [1.82, 2.24) is 5.32 Å². The zero-order valence-electron chi connectivity index (χ0n) is 14.5. The van der Waals surface area contributed by atoms with Gasteiger partial charge in [-0.15, -0.1) is 0 Å². The van der Waals surface area contributed by atoms with Gasteiger partial charge in [0.15, 0.2) is 0 Å². The van der Waals surface area contributed by atoms with Gasteiger partial charge in [-0.1, -0.05) is 35.9 Å². The van der Waals surface area contributed by atoms with E-state index in [1.54, 1.807) is 19.2 Å². The molecule has 1 saturated carbocycles. The number of nitrogens with one attached hydrogen (secondary N) is 2. The van der Waals surface area contributed by atoms with E-state index in [9.17, 15) is 9.59 Å². The van der Waals surface area contributed by atoms with Crippen LogP contribution in [0.25, 0.3) is 0 Å². The molecule has 0 aromatic heterocycles. The van der Waals surface area contributed by atoms with Gasteiger partial charge in [0.2, 0.25) is 11.8 Å². The lowest BCUT2D eigenvalue weighted by atomic mass is 10.0. The molecule has 0 aliphatic heterocycles. The summed E-state index contributed by atoms with van der Waals surface area (Å²) >= 11 is 5.96. The summed E-state index contributed by atoms with van der Waals surface area (Å²) in [5, 5.41) is 6.36. The van der Waals surface area contributed by atoms with Gasteiger partial charge in [0.1, 0.15) is 11.2 Å². The summed E-state index contributed by atoms with van der Waals surface area (Å²) in [6.45, 7) is 0.461. The molecule has 5 nitrogen and oxygen atoms in total. The highest BCUT2D eigenvalue weighted by Crippen LogP contribution is 2.47. The minimum absolute atomic E-state index is 0.230. The van der Waals surface area contributed by atoms with Crippen LogP contribution in [-0.4, -0.2) is 25.5 Å². The van der Waals surface area contributed by atoms with Gasteiger partial charge >= 0.3 is 0 Å². The molecular weight excluding hydrogens is 352 g/mol. The summed E-state index contributed by atoms with van der Waals surface area (Å²) in [4.78, 5) is 25.2. The Hall–Kier alpha value is -2.53. The average Bonchev–Trinajstić information content (AvgIpc) is 3.44. The molecule has 1 fully saturated rings. The molecule has 1 aliphatic carbocycles. The number of hydrogen-bond acceptors (Lipinski definition) is 3. The molecular formula is C20H21ClN2O3. The standard InChI is InChI=1S/C20H21ClN2O3/c1-26-17-8-3-2-7-16(17)23-19(25)20(10-11-20)18(24)22-12-9-14-5-4-6-15(21)13-14/h2-8,13H,9-12H2,1H3,(H,22,24)(H,23,25). The molecule has 2 aromatic rings. The summed E-state index contributed by atoms with van der Waals surface area (Å²) in [6, 6.07) is 14.7. The molecule has 26 heavy (non-hydrogen) atoms. The van der Waals surface area contributed by atoms with Gasteiger partial charge in [0.25, 0.3) is 0 Å². The predicted octanol–water partition coefficient (Wildman–Crippen LogP) is 3.43. The number of carbonyl (C=O) groups excluding carboxylic acids is 2. The van der Waals surface area contributed by atoms with E-state index in [1.165, 1.54) is 0 Å². The van der Waals surface area contributed by atoms with E-state index >= 15 is 0 Å². The number of benzene rings is 2. The largest absolute Gasteiger partial charge is 0.495 e. The lowest BCUT2D eigenvalue weighted by molar-refractivity contribution is -0.134. The Kier molecular flexibility index (Phi) is 5.47. The fourth-order valence-electron chi connectivity index (χ4n) is 2.85. The Balaban J connectivity index is 1.57. The number of amides is 2. The van der Waals surface area contributed by atoms with Crippen molar-refractivity contribution in [2.24, 2.45) is 5.41 Å². The molecule has 0 atom stereocenters. The molecule has 0 saturated heterocycles. The first kappa shape index (κ1) is 18.3. The maximum Gasteiger partial charge on any atom is 0.240 e. The second kappa shape index (κ2) is 7.79. The average molecular weight is 373 g/mol. The van der Waals surface area contributed by atoms with Crippen molar-refractivity contribution < 1.29 is 14.3 Å². The van der Waals surface area contributed by atoms with Crippen molar-refractivity contribution in [3.05, 3.63) is 59.1 Å². The van der Waals surface area contributed by atoms with Gasteiger partial charge in [-0.2, -0.15) is 0 Å². The van der Waals surface area contributed by atoms with Crippen LogP contribution in [0.15, 0.2) is 48.5 Å². The smallest absolute Gasteiger partial charge is 0.240 e. The minimum atomic E-state index is -0.977. The molecule has 0 radical (unpaired) electrons. The highest BCUT2D eigenvalue weighted by atomic mass is 35.5. The molecule has 0 spiro atoms. The fourth-order valence-corrected chi connectivity index (χ4v) is 3.07. The van der Waals surface area contributed by atoms with E-state index in [-0.39, 0.29) is 11.8 Å². The van der Waals surface area contributed by atoms with E-state index in [0.29, 0.717) is 42.3 Å². The molecule has 0 heterocycles. The lowest BCUT2D eigenvalue weighted by Crippen LogP contribution is -2.40. The minimum Gasteiger partial charge on any atom is -0.495 e. The highest BCUT2D eigenvalue weighted by molar-refractivity contribution is 6.30. The number of anilines is 1. The van der Waals surface area contributed by atoms with Crippen molar-refractivity contribution in [2.45, 2.75) is 19.3 Å². The maximum atomic E-state index is 12.6. The van der Waals surface area contributed by atoms with Crippen LogP contribution in [0, 0.1) is 5.41 Å². The van der Waals surface area contributed by atoms with Crippen molar-refractivity contribution >= 4 is 29.1 Å². The summed E-state index contributed by atoms with van der Waals surface area (Å²) in [5.41, 5.74) is 0.633. The number of ether oxygens (including phenoxy) is 1. The van der Waals surface area contributed by atoms with Gasteiger partial charge in [-0.25, -0.2) is 0 Å². The van der Waals surface area contributed by atoms with E-state index in [1.807, 2.05) is 36.4 Å². The SMILES string of the molecule is COc1ccccc1NC(=O)C1(C(=O)NCCc2cccc(Cl)c2)CC1. The van der Waals surface area contributed by atoms with Gasteiger partial charge < -0.3 is 15.4 Å². The third-order valence-corrected chi connectivity index (χ3v) is 4.80. The summed E-state index contributed by atoms with van der Waals surface area (Å²) in [6.07, 6.45) is 1.77. The van der Waals surface area contributed by atoms with Crippen LogP contribution in [0.3, 0.4) is 0 Å². The summed E-state index contributed by atoms with van der Waals surface area (Å²) in [7, 11) is 1.54. The van der Waals surface area contributed by atoms with E-state index in [4.69, 9.17) is 16.3 Å². The number of halogens is 1. The highest BCUT2D eigenvalue weighted by Gasteiger charge is 2.56. The third-order valence-electron chi connectivity index (χ3n) is 4.56. The monoisotopic (exact) mass is 372 g/mol. The maximum absolute atomic E-state index is 12.6. The second-order valence-electron chi connectivity index (χ2n) is 6.37. The Bertz CT molecular complexity index is 818. The van der Waals surface area contributed by atoms with Crippen molar-refractivity contribution in [2.75, 3.05) is 19.0 Å². The number of para-hydroxylation sites is 2. The summed E-state index contributed by atoms with van der Waals surface area (Å²) < 4.78 is 5.24. The van der Waals surface area contributed by atoms with Crippen molar-refractivity contribution in [3.63, 3.8) is 0 Å². The molecule has 2 amide bonds. The van der Waals surface area contributed by atoms with Crippen LogP contribution in [0.4, 0.5) is 5.69 Å². The topological polar surface area (TPSA) is 67.4 Å². The molecule has 6 heteroatoms. The zero-order chi connectivity index (χ0) is 18.6. The van der Waals surface area contributed by atoms with Crippen LogP contribution in [-0.2, 0) is 16.0 Å². The Morgan fingerprint density at radius 3 is 2.58 bits per heavy atom. The first-order chi connectivity index (χ1) is 12.5. The molecule has 3 rings (SSSR count). The molecule has 0 bridgehead atoms. The zero-order valence-corrected chi connectivity index (χ0v) is 15.3.